The Balaban J connectivity index is 1.19. The van der Waals surface area contributed by atoms with Gasteiger partial charge in [-0.15, -0.1) is 11.3 Å². The summed E-state index contributed by atoms with van der Waals surface area (Å²) in [6.45, 7) is 10.2. The molecule has 42 heavy (non-hydrogen) atoms. The van der Waals surface area contributed by atoms with E-state index in [0.29, 0.717) is 29.4 Å². The Morgan fingerprint density at radius 2 is 1.67 bits per heavy atom. The van der Waals surface area contributed by atoms with Crippen molar-refractivity contribution in [2.24, 2.45) is 0 Å². The van der Waals surface area contributed by atoms with Crippen LogP contribution in [0, 0.1) is 0 Å². The van der Waals surface area contributed by atoms with E-state index in [9.17, 15) is 4.57 Å². The van der Waals surface area contributed by atoms with Crippen LogP contribution in [-0.2, 0) is 4.57 Å². The van der Waals surface area contributed by atoms with Gasteiger partial charge in [-0.1, -0.05) is 12.1 Å². The molecular formula is C30H39N8O2PS. The van der Waals surface area contributed by atoms with Gasteiger partial charge in [0, 0.05) is 50.6 Å². The number of thiophene rings is 1. The number of ether oxygens (including phenoxy) is 1. The van der Waals surface area contributed by atoms with Crippen LogP contribution >= 0.6 is 18.5 Å². The van der Waals surface area contributed by atoms with Crippen molar-refractivity contribution in [1.29, 1.82) is 0 Å². The SMILES string of the molecule is COc1nc(N2CCC(N3CCN(C)CC3)CC2)ccc1Nc1nc(Nc2ccccc2P(C)(C)=O)c2ccsc2n1. The number of piperidine rings is 1. The molecule has 0 spiro atoms. The predicted octanol–water partition coefficient (Wildman–Crippen LogP) is 5.05. The van der Waals surface area contributed by atoms with Crippen LogP contribution in [0.2, 0.25) is 0 Å². The molecule has 3 aromatic heterocycles. The van der Waals surface area contributed by atoms with Crippen LogP contribution < -0.4 is 25.6 Å². The van der Waals surface area contributed by atoms with Crippen molar-refractivity contribution in [2.75, 3.05) is 82.3 Å². The lowest BCUT2D eigenvalue weighted by molar-refractivity contribution is 0.0981. The average Bonchev–Trinajstić information content (AvgIpc) is 3.47. The number of benzene rings is 1. The van der Waals surface area contributed by atoms with Crippen LogP contribution in [0.25, 0.3) is 10.2 Å². The van der Waals surface area contributed by atoms with Gasteiger partial charge in [0.1, 0.15) is 29.3 Å². The van der Waals surface area contributed by atoms with E-state index in [4.69, 9.17) is 19.7 Å². The number of rotatable bonds is 8. The van der Waals surface area contributed by atoms with E-state index >= 15 is 0 Å². The molecule has 10 nitrogen and oxygen atoms in total. The second-order valence-electron chi connectivity index (χ2n) is 11.4. The summed E-state index contributed by atoms with van der Waals surface area (Å²) in [6, 6.07) is 14.4. The number of hydrogen-bond acceptors (Lipinski definition) is 11. The fraction of sp³-hybridized carbons (Fsp3) is 0.433. The Hall–Kier alpha value is -3.24. The summed E-state index contributed by atoms with van der Waals surface area (Å²) >= 11 is 1.54. The third-order valence-electron chi connectivity index (χ3n) is 8.19. The number of fused-ring (bicyclic) bond motifs is 1. The van der Waals surface area contributed by atoms with E-state index in [0.717, 1.165) is 79.1 Å². The number of methoxy groups -OCH3 is 1. The van der Waals surface area contributed by atoms with Crippen molar-refractivity contribution >= 4 is 63.0 Å². The molecule has 2 aliphatic rings. The predicted molar refractivity (Wildman–Crippen MR) is 175 cm³/mol. The Kier molecular flexibility index (Phi) is 8.36. The minimum atomic E-state index is -2.50. The average molecular weight is 607 g/mol. The molecule has 12 heteroatoms. The fourth-order valence-corrected chi connectivity index (χ4v) is 7.73. The number of nitrogens with zero attached hydrogens (tertiary/aromatic N) is 6. The molecule has 0 amide bonds. The van der Waals surface area contributed by atoms with Crippen molar-refractivity contribution in [3.05, 3.63) is 47.8 Å². The van der Waals surface area contributed by atoms with Crippen LogP contribution in [0.15, 0.2) is 47.8 Å². The smallest absolute Gasteiger partial charge is 0.239 e. The summed E-state index contributed by atoms with van der Waals surface area (Å²) in [6.07, 6.45) is 2.29. The van der Waals surface area contributed by atoms with Gasteiger partial charge in [0.25, 0.3) is 0 Å². The number of piperazine rings is 1. The van der Waals surface area contributed by atoms with Gasteiger partial charge in [-0.2, -0.15) is 9.97 Å². The zero-order valence-electron chi connectivity index (χ0n) is 24.7. The van der Waals surface area contributed by atoms with Gasteiger partial charge < -0.3 is 29.7 Å². The highest BCUT2D eigenvalue weighted by Crippen LogP contribution is 2.39. The molecule has 0 atom stereocenters. The van der Waals surface area contributed by atoms with E-state index in [1.165, 1.54) is 0 Å². The van der Waals surface area contributed by atoms with Crippen molar-refractivity contribution in [3.8, 4) is 5.88 Å². The first-order valence-corrected chi connectivity index (χ1v) is 17.9. The molecule has 222 valence electrons. The van der Waals surface area contributed by atoms with Gasteiger partial charge in [0.2, 0.25) is 11.8 Å². The molecule has 0 radical (unpaired) electrons. The standard InChI is InChI=1S/C30H39N8O2PS/c1-36-16-18-37(19-17-36)21-11-14-38(15-12-21)26-10-9-24(28(33-26)40-2)32-30-34-27(22-13-20-42-29(22)35-30)31-23-7-5-6-8-25(23)41(3,4)39/h5-10,13,20-21H,11-12,14-19H2,1-4H3,(H2,31,32,34,35). The zero-order chi connectivity index (χ0) is 29.3. The van der Waals surface area contributed by atoms with Gasteiger partial charge in [0.15, 0.2) is 0 Å². The number of pyridine rings is 1. The van der Waals surface area contributed by atoms with Crippen molar-refractivity contribution in [2.45, 2.75) is 18.9 Å². The summed E-state index contributed by atoms with van der Waals surface area (Å²) in [4.78, 5) is 22.7. The maximum atomic E-state index is 12.9. The van der Waals surface area contributed by atoms with Crippen LogP contribution in [-0.4, -0.2) is 97.5 Å². The first-order chi connectivity index (χ1) is 20.3. The first kappa shape index (κ1) is 28.9. The van der Waals surface area contributed by atoms with Crippen molar-refractivity contribution in [1.82, 2.24) is 24.8 Å². The molecule has 4 aromatic rings. The second kappa shape index (κ2) is 12.2. The number of likely N-dealkylation sites (N-methyl/N-ethyl adjacent to an activating group) is 1. The van der Waals surface area contributed by atoms with Crippen molar-refractivity contribution in [3.63, 3.8) is 0 Å². The number of hydrogen-bond donors (Lipinski definition) is 2. The summed E-state index contributed by atoms with van der Waals surface area (Å²) in [5.74, 6) is 2.51. The molecule has 5 heterocycles. The van der Waals surface area contributed by atoms with E-state index in [1.807, 2.05) is 47.8 Å². The lowest BCUT2D eigenvalue weighted by Crippen LogP contribution is -2.52. The van der Waals surface area contributed by atoms with E-state index in [2.05, 4.69) is 32.4 Å². The Bertz CT molecular complexity index is 1590. The molecule has 2 aliphatic heterocycles. The van der Waals surface area contributed by atoms with Crippen LogP contribution in [0.3, 0.4) is 0 Å². The third kappa shape index (κ3) is 6.24. The summed E-state index contributed by atoms with van der Waals surface area (Å²) in [7, 11) is 1.35. The summed E-state index contributed by atoms with van der Waals surface area (Å²) in [5.41, 5.74) is 1.48. The van der Waals surface area contributed by atoms with Gasteiger partial charge in [0.05, 0.1) is 18.2 Å². The highest BCUT2D eigenvalue weighted by atomic mass is 32.1. The molecule has 6 rings (SSSR count). The van der Waals surface area contributed by atoms with E-state index < -0.39 is 7.14 Å². The lowest BCUT2D eigenvalue weighted by Gasteiger charge is -2.42. The zero-order valence-corrected chi connectivity index (χ0v) is 26.4. The van der Waals surface area contributed by atoms with Crippen LogP contribution in [0.5, 0.6) is 5.88 Å². The summed E-state index contributed by atoms with van der Waals surface area (Å²) < 4.78 is 18.7. The number of aromatic nitrogens is 3. The molecule has 2 saturated heterocycles. The minimum absolute atomic E-state index is 0.432. The quantitative estimate of drug-likeness (QED) is 0.265. The topological polar surface area (TPSA) is 98.8 Å². The monoisotopic (exact) mass is 606 g/mol. The Morgan fingerprint density at radius 3 is 2.40 bits per heavy atom. The maximum absolute atomic E-state index is 12.9. The van der Waals surface area contributed by atoms with E-state index in [1.54, 1.807) is 31.8 Å². The van der Waals surface area contributed by atoms with Gasteiger partial charge in [-0.3, -0.25) is 4.90 Å². The molecule has 2 N–H and O–H groups in total. The summed E-state index contributed by atoms with van der Waals surface area (Å²) in [5, 5.41) is 10.4. The fourth-order valence-electron chi connectivity index (χ4n) is 5.81. The van der Waals surface area contributed by atoms with Gasteiger partial charge >= 0.3 is 0 Å². The largest absolute Gasteiger partial charge is 0.479 e. The molecule has 0 aliphatic carbocycles. The number of para-hydroxylation sites is 1. The lowest BCUT2D eigenvalue weighted by atomic mass is 10.0. The molecule has 0 saturated carbocycles. The normalized spacial score (nSPS) is 17.5. The van der Waals surface area contributed by atoms with E-state index in [-0.39, 0.29) is 0 Å². The number of nitrogens with one attached hydrogen (secondary N) is 2. The molecular weight excluding hydrogens is 567 g/mol. The molecule has 0 unspecified atom stereocenters. The minimum Gasteiger partial charge on any atom is -0.479 e. The molecule has 1 aromatic carbocycles. The van der Waals surface area contributed by atoms with Gasteiger partial charge in [-0.05, 0) is 68.9 Å². The molecule has 2 fully saturated rings. The maximum Gasteiger partial charge on any atom is 0.239 e. The first-order valence-electron chi connectivity index (χ1n) is 14.4. The third-order valence-corrected chi connectivity index (χ3v) is 10.5. The number of anilines is 5. The van der Waals surface area contributed by atoms with Gasteiger partial charge in [-0.25, -0.2) is 4.98 Å². The highest BCUT2D eigenvalue weighted by molar-refractivity contribution is 7.70. The van der Waals surface area contributed by atoms with Crippen LogP contribution in [0.1, 0.15) is 12.8 Å². The molecule has 0 bridgehead atoms. The Morgan fingerprint density at radius 1 is 0.905 bits per heavy atom. The second-order valence-corrected chi connectivity index (χ2v) is 15.5. The highest BCUT2D eigenvalue weighted by Gasteiger charge is 2.27. The Labute approximate surface area is 251 Å². The van der Waals surface area contributed by atoms with Crippen molar-refractivity contribution < 1.29 is 9.30 Å². The van der Waals surface area contributed by atoms with Crippen LogP contribution in [0.4, 0.5) is 29.0 Å².